The van der Waals surface area contributed by atoms with E-state index < -0.39 is 36.3 Å². The second-order valence-electron chi connectivity index (χ2n) is 4.06. The van der Waals surface area contributed by atoms with E-state index >= 15 is 0 Å². The van der Waals surface area contributed by atoms with E-state index in [0.717, 1.165) is 0 Å². The number of furan rings is 1. The van der Waals surface area contributed by atoms with Crippen LogP contribution in [0.15, 0.2) is 22.8 Å². The number of carbonyl (C=O) groups excluding carboxylic acids is 3. The molecule has 0 bridgehead atoms. The Morgan fingerprint density at radius 2 is 1.95 bits per heavy atom. The summed E-state index contributed by atoms with van der Waals surface area (Å²) in [5.74, 6) is -2.91. The number of carboxylic acids is 1. The Labute approximate surface area is 119 Å². The first kappa shape index (κ1) is 16.2. The molecule has 0 saturated heterocycles. The van der Waals surface area contributed by atoms with Crippen LogP contribution in [0.5, 0.6) is 0 Å². The van der Waals surface area contributed by atoms with Crippen molar-refractivity contribution in [1.82, 2.24) is 16.0 Å². The molecular weight excluding hydrogens is 282 g/mol. The molecule has 3 amide bonds. The zero-order chi connectivity index (χ0) is 15.8. The maximum Gasteiger partial charge on any atom is 0.322 e. The van der Waals surface area contributed by atoms with Gasteiger partial charge in [0.15, 0.2) is 5.76 Å². The first-order chi connectivity index (χ1) is 9.90. The Morgan fingerprint density at radius 3 is 2.52 bits per heavy atom. The van der Waals surface area contributed by atoms with Crippen molar-refractivity contribution in [3.05, 3.63) is 24.2 Å². The number of amides is 3. The molecule has 1 atom stereocenters. The quantitative estimate of drug-likeness (QED) is 0.494. The van der Waals surface area contributed by atoms with Gasteiger partial charge in [-0.05, 0) is 19.1 Å². The van der Waals surface area contributed by atoms with Gasteiger partial charge in [0, 0.05) is 0 Å². The van der Waals surface area contributed by atoms with Gasteiger partial charge in [0.05, 0.1) is 12.8 Å². The van der Waals surface area contributed by atoms with Crippen LogP contribution in [0.3, 0.4) is 0 Å². The monoisotopic (exact) mass is 297 g/mol. The van der Waals surface area contributed by atoms with Crippen LogP contribution in [0.2, 0.25) is 0 Å². The molecule has 0 fully saturated rings. The van der Waals surface area contributed by atoms with Crippen molar-refractivity contribution in [2.24, 2.45) is 0 Å². The summed E-state index contributed by atoms with van der Waals surface area (Å²) in [5, 5.41) is 15.1. The zero-order valence-electron chi connectivity index (χ0n) is 11.2. The third-order valence-corrected chi connectivity index (χ3v) is 2.35. The van der Waals surface area contributed by atoms with E-state index in [1.54, 1.807) is 0 Å². The van der Waals surface area contributed by atoms with Crippen molar-refractivity contribution in [3.8, 4) is 0 Å². The van der Waals surface area contributed by atoms with Crippen molar-refractivity contribution in [2.75, 3.05) is 13.1 Å². The van der Waals surface area contributed by atoms with E-state index in [1.165, 1.54) is 25.3 Å². The van der Waals surface area contributed by atoms with E-state index in [9.17, 15) is 19.2 Å². The highest BCUT2D eigenvalue weighted by Crippen LogP contribution is 1.99. The molecule has 21 heavy (non-hydrogen) atoms. The summed E-state index contributed by atoms with van der Waals surface area (Å²) >= 11 is 0. The van der Waals surface area contributed by atoms with Gasteiger partial charge in [-0.3, -0.25) is 19.2 Å². The lowest BCUT2D eigenvalue weighted by Gasteiger charge is -2.13. The molecule has 0 saturated carbocycles. The van der Waals surface area contributed by atoms with Crippen LogP contribution in [-0.2, 0) is 14.4 Å². The molecule has 9 heteroatoms. The molecule has 9 nitrogen and oxygen atoms in total. The molecule has 1 aromatic heterocycles. The number of aliphatic carboxylic acids is 1. The van der Waals surface area contributed by atoms with Crippen LogP contribution in [0.4, 0.5) is 0 Å². The van der Waals surface area contributed by atoms with Gasteiger partial charge in [-0.25, -0.2) is 0 Å². The number of carboxylic acid groups (broad SMARTS) is 1. The number of hydrogen-bond acceptors (Lipinski definition) is 5. The van der Waals surface area contributed by atoms with Gasteiger partial charge in [0.1, 0.15) is 12.6 Å². The first-order valence-electron chi connectivity index (χ1n) is 6.00. The van der Waals surface area contributed by atoms with Crippen LogP contribution >= 0.6 is 0 Å². The van der Waals surface area contributed by atoms with Crippen LogP contribution in [0, 0.1) is 0 Å². The maximum atomic E-state index is 11.6. The van der Waals surface area contributed by atoms with E-state index in [2.05, 4.69) is 16.0 Å². The highest BCUT2D eigenvalue weighted by atomic mass is 16.4. The minimum absolute atomic E-state index is 0.0638. The average Bonchev–Trinajstić information content (AvgIpc) is 2.96. The SMILES string of the molecule is CC(NC(=O)c1ccco1)C(=O)NCC(=O)NCC(=O)O. The molecular formula is C12H15N3O6. The molecule has 1 aromatic rings. The summed E-state index contributed by atoms with van der Waals surface area (Å²) in [4.78, 5) is 44.7. The normalized spacial score (nSPS) is 11.3. The van der Waals surface area contributed by atoms with E-state index in [0.29, 0.717) is 0 Å². The fourth-order valence-electron chi connectivity index (χ4n) is 1.30. The van der Waals surface area contributed by atoms with Gasteiger partial charge in [-0.15, -0.1) is 0 Å². The molecule has 1 heterocycles. The molecule has 1 unspecified atom stereocenters. The molecule has 0 radical (unpaired) electrons. The van der Waals surface area contributed by atoms with Crippen molar-refractivity contribution in [3.63, 3.8) is 0 Å². The molecule has 114 valence electrons. The third-order valence-electron chi connectivity index (χ3n) is 2.35. The predicted molar refractivity (Wildman–Crippen MR) is 69.3 cm³/mol. The second-order valence-corrected chi connectivity index (χ2v) is 4.06. The Balaban J connectivity index is 2.32. The lowest BCUT2D eigenvalue weighted by molar-refractivity contribution is -0.137. The Morgan fingerprint density at radius 1 is 1.24 bits per heavy atom. The fourth-order valence-corrected chi connectivity index (χ4v) is 1.30. The molecule has 0 aromatic carbocycles. The number of carbonyl (C=O) groups is 4. The van der Waals surface area contributed by atoms with E-state index in [-0.39, 0.29) is 12.3 Å². The van der Waals surface area contributed by atoms with E-state index in [4.69, 9.17) is 9.52 Å². The molecule has 0 aliphatic rings. The third kappa shape index (κ3) is 5.76. The van der Waals surface area contributed by atoms with Crippen LogP contribution < -0.4 is 16.0 Å². The van der Waals surface area contributed by atoms with Gasteiger partial charge >= 0.3 is 5.97 Å². The van der Waals surface area contributed by atoms with Gasteiger partial charge < -0.3 is 25.5 Å². The molecule has 0 aliphatic carbocycles. The number of hydrogen-bond donors (Lipinski definition) is 4. The molecule has 0 spiro atoms. The van der Waals surface area contributed by atoms with E-state index in [1.807, 2.05) is 0 Å². The lowest BCUT2D eigenvalue weighted by atomic mass is 10.3. The molecule has 4 N–H and O–H groups in total. The first-order valence-corrected chi connectivity index (χ1v) is 6.00. The second kappa shape index (κ2) is 7.68. The number of nitrogens with one attached hydrogen (secondary N) is 3. The smallest absolute Gasteiger partial charge is 0.322 e. The largest absolute Gasteiger partial charge is 0.480 e. The lowest BCUT2D eigenvalue weighted by Crippen LogP contribution is -2.47. The molecule has 1 rings (SSSR count). The highest BCUT2D eigenvalue weighted by Gasteiger charge is 2.18. The predicted octanol–water partition coefficient (Wildman–Crippen LogP) is -1.29. The Bertz CT molecular complexity index is 525. The summed E-state index contributed by atoms with van der Waals surface area (Å²) in [6.45, 7) is 0.526. The Hall–Kier alpha value is -2.84. The molecule has 0 aliphatic heterocycles. The van der Waals surface area contributed by atoms with Gasteiger partial charge in [0.25, 0.3) is 5.91 Å². The maximum absolute atomic E-state index is 11.6. The average molecular weight is 297 g/mol. The van der Waals surface area contributed by atoms with Crippen LogP contribution in [0.25, 0.3) is 0 Å². The van der Waals surface area contributed by atoms with Crippen molar-refractivity contribution in [1.29, 1.82) is 0 Å². The minimum Gasteiger partial charge on any atom is -0.480 e. The fraction of sp³-hybridized carbons (Fsp3) is 0.333. The Kier molecular flexibility index (Phi) is 5.93. The van der Waals surface area contributed by atoms with Crippen LogP contribution in [-0.4, -0.2) is 47.9 Å². The summed E-state index contributed by atoms with van der Waals surface area (Å²) in [6, 6.07) is 2.10. The van der Waals surface area contributed by atoms with Gasteiger partial charge in [-0.1, -0.05) is 0 Å². The summed E-state index contributed by atoms with van der Waals surface area (Å²) < 4.78 is 4.87. The van der Waals surface area contributed by atoms with Crippen LogP contribution in [0.1, 0.15) is 17.5 Å². The minimum atomic E-state index is -1.19. The summed E-state index contributed by atoms with van der Waals surface area (Å²) in [5.41, 5.74) is 0. The number of rotatable bonds is 7. The van der Waals surface area contributed by atoms with Gasteiger partial charge in [0.2, 0.25) is 11.8 Å². The summed E-state index contributed by atoms with van der Waals surface area (Å²) in [7, 11) is 0. The zero-order valence-corrected chi connectivity index (χ0v) is 11.2. The van der Waals surface area contributed by atoms with Crippen molar-refractivity contribution >= 4 is 23.7 Å². The highest BCUT2D eigenvalue weighted by molar-refractivity contribution is 5.96. The van der Waals surface area contributed by atoms with Gasteiger partial charge in [-0.2, -0.15) is 0 Å². The summed E-state index contributed by atoms with van der Waals surface area (Å²) in [6.07, 6.45) is 1.33. The van der Waals surface area contributed by atoms with Crippen molar-refractivity contribution < 1.29 is 28.7 Å². The standard InChI is InChI=1S/C12H15N3O6/c1-7(15-12(20)8-3-2-4-21-8)11(19)14-5-9(16)13-6-10(17)18/h2-4,7H,5-6H2,1H3,(H,13,16)(H,14,19)(H,15,20)(H,17,18). The topological polar surface area (TPSA) is 138 Å². The van der Waals surface area contributed by atoms with Crippen molar-refractivity contribution in [2.45, 2.75) is 13.0 Å².